The molecule has 0 bridgehead atoms. The van der Waals surface area contributed by atoms with E-state index in [2.05, 4.69) is 27.5 Å². The van der Waals surface area contributed by atoms with Crippen molar-refractivity contribution in [3.8, 4) is 11.5 Å². The summed E-state index contributed by atoms with van der Waals surface area (Å²) in [6, 6.07) is 11.2. The van der Waals surface area contributed by atoms with E-state index in [-0.39, 0.29) is 29.3 Å². The second-order valence-corrected chi connectivity index (χ2v) is 8.80. The van der Waals surface area contributed by atoms with Gasteiger partial charge in [-0.25, -0.2) is 8.42 Å². The molecular formula is C22H26N4O6S. The smallest absolute Gasteiger partial charge is 0.269 e. The number of sulfonamides is 1. The molecule has 1 aliphatic heterocycles. The molecule has 3 N–H and O–H groups in total. The summed E-state index contributed by atoms with van der Waals surface area (Å²) >= 11 is 0. The highest BCUT2D eigenvalue weighted by molar-refractivity contribution is 7.90. The number of carbonyl (C=O) groups is 2. The summed E-state index contributed by atoms with van der Waals surface area (Å²) in [5, 5.41) is 0. The van der Waals surface area contributed by atoms with Gasteiger partial charge in [0.05, 0.1) is 25.2 Å². The number of hydrazine groups is 1. The number of benzene rings is 2. The zero-order valence-electron chi connectivity index (χ0n) is 18.4. The minimum absolute atomic E-state index is 0.0332. The number of nitrogens with one attached hydrogen (secondary N) is 3. The number of hydrogen-bond donors (Lipinski definition) is 3. The maximum atomic E-state index is 12.4. The lowest BCUT2D eigenvalue weighted by Crippen LogP contribution is -2.41. The molecule has 0 aromatic heterocycles. The Morgan fingerprint density at radius 1 is 1.09 bits per heavy atom. The SMILES string of the molecule is CCCCOc1ccc(C(=O)NNC(=O)CCN=C2NS(=O)(=O)c3ccccc32)cc1OC. The molecule has 33 heavy (non-hydrogen) atoms. The quantitative estimate of drug-likeness (QED) is 0.374. The highest BCUT2D eigenvalue weighted by Gasteiger charge is 2.29. The molecule has 10 nitrogen and oxygen atoms in total. The van der Waals surface area contributed by atoms with Gasteiger partial charge in [-0.15, -0.1) is 0 Å². The topological polar surface area (TPSA) is 135 Å². The van der Waals surface area contributed by atoms with Crippen LogP contribution < -0.4 is 25.0 Å². The lowest BCUT2D eigenvalue weighted by atomic mass is 10.2. The number of ether oxygens (including phenoxy) is 2. The molecule has 2 aromatic rings. The van der Waals surface area contributed by atoms with Crippen molar-refractivity contribution in [2.75, 3.05) is 20.3 Å². The van der Waals surface area contributed by atoms with Crippen LogP contribution in [0.15, 0.2) is 52.4 Å². The molecule has 1 heterocycles. The van der Waals surface area contributed by atoms with Gasteiger partial charge in [0.1, 0.15) is 5.84 Å². The van der Waals surface area contributed by atoms with Crippen molar-refractivity contribution < 1.29 is 27.5 Å². The molecule has 0 radical (unpaired) electrons. The van der Waals surface area contributed by atoms with Gasteiger partial charge in [-0.3, -0.25) is 30.2 Å². The van der Waals surface area contributed by atoms with Crippen LogP contribution in [0.3, 0.4) is 0 Å². The molecule has 0 unspecified atom stereocenters. The van der Waals surface area contributed by atoms with Crippen molar-refractivity contribution in [3.05, 3.63) is 53.6 Å². The van der Waals surface area contributed by atoms with Gasteiger partial charge in [0.15, 0.2) is 11.5 Å². The number of carbonyl (C=O) groups excluding carboxylic acids is 2. The Morgan fingerprint density at radius 3 is 2.64 bits per heavy atom. The number of methoxy groups -OCH3 is 1. The number of rotatable bonds is 9. The van der Waals surface area contributed by atoms with Gasteiger partial charge in [0.2, 0.25) is 5.91 Å². The first-order valence-electron chi connectivity index (χ1n) is 10.4. The number of fused-ring (bicyclic) bond motifs is 1. The summed E-state index contributed by atoms with van der Waals surface area (Å²) < 4.78 is 37.4. The molecule has 2 amide bonds. The largest absolute Gasteiger partial charge is 0.493 e. The van der Waals surface area contributed by atoms with Crippen LogP contribution in [0.4, 0.5) is 0 Å². The van der Waals surface area contributed by atoms with Crippen LogP contribution in [-0.4, -0.2) is 46.3 Å². The van der Waals surface area contributed by atoms with E-state index >= 15 is 0 Å². The van der Waals surface area contributed by atoms with E-state index in [1.165, 1.54) is 19.2 Å². The normalized spacial score (nSPS) is 14.8. The van der Waals surface area contributed by atoms with Crippen molar-refractivity contribution in [2.24, 2.45) is 4.99 Å². The van der Waals surface area contributed by atoms with Gasteiger partial charge in [0, 0.05) is 17.5 Å². The van der Waals surface area contributed by atoms with E-state index in [0.717, 1.165) is 12.8 Å². The Morgan fingerprint density at radius 2 is 1.88 bits per heavy atom. The van der Waals surface area contributed by atoms with Crippen LogP contribution in [-0.2, 0) is 14.8 Å². The fraction of sp³-hybridized carbons (Fsp3) is 0.318. The van der Waals surface area contributed by atoms with E-state index in [4.69, 9.17) is 9.47 Å². The Labute approximate surface area is 192 Å². The maximum Gasteiger partial charge on any atom is 0.269 e. The predicted molar refractivity (Wildman–Crippen MR) is 122 cm³/mol. The van der Waals surface area contributed by atoms with Crippen LogP contribution in [0, 0.1) is 0 Å². The highest BCUT2D eigenvalue weighted by Crippen LogP contribution is 2.28. The third-order valence-corrected chi connectivity index (χ3v) is 6.17. The summed E-state index contributed by atoms with van der Waals surface area (Å²) in [6.07, 6.45) is 1.85. The fourth-order valence-corrected chi connectivity index (χ4v) is 4.29. The van der Waals surface area contributed by atoms with Crippen LogP contribution in [0.2, 0.25) is 0 Å². The molecule has 0 atom stereocenters. The second-order valence-electron chi connectivity index (χ2n) is 7.15. The molecule has 0 fully saturated rings. The molecule has 0 saturated heterocycles. The monoisotopic (exact) mass is 474 g/mol. The number of aliphatic imine (C=N–C) groups is 1. The number of nitrogens with zero attached hydrogens (tertiary/aromatic N) is 1. The minimum atomic E-state index is -3.63. The Balaban J connectivity index is 1.51. The standard InChI is InChI=1S/C22H26N4O6S/c1-3-4-13-32-17-10-9-15(14-18(17)31-2)22(28)25-24-20(27)11-12-23-21-16-7-5-6-8-19(16)33(29,30)26-21/h5-10,14H,3-4,11-13H2,1-2H3,(H,23,26)(H,24,27)(H,25,28). The third-order valence-electron chi connectivity index (χ3n) is 4.77. The van der Waals surface area contributed by atoms with Crippen LogP contribution in [0.25, 0.3) is 0 Å². The third kappa shape index (κ3) is 6.01. The minimum Gasteiger partial charge on any atom is -0.493 e. The van der Waals surface area contributed by atoms with E-state index in [0.29, 0.717) is 23.7 Å². The average molecular weight is 475 g/mol. The van der Waals surface area contributed by atoms with Crippen LogP contribution in [0.1, 0.15) is 42.1 Å². The summed E-state index contributed by atoms with van der Waals surface area (Å²) in [5.41, 5.74) is 5.40. The first-order valence-corrected chi connectivity index (χ1v) is 11.9. The van der Waals surface area contributed by atoms with Crippen molar-refractivity contribution >= 4 is 27.7 Å². The van der Waals surface area contributed by atoms with E-state index < -0.39 is 21.8 Å². The summed E-state index contributed by atoms with van der Waals surface area (Å²) in [5.74, 6) is 0.143. The van der Waals surface area contributed by atoms with E-state index in [9.17, 15) is 18.0 Å². The number of unbranched alkanes of at least 4 members (excludes halogenated alkanes) is 1. The molecule has 176 valence electrons. The Bertz CT molecular complexity index is 1160. The van der Waals surface area contributed by atoms with Crippen LogP contribution in [0.5, 0.6) is 11.5 Å². The van der Waals surface area contributed by atoms with Crippen molar-refractivity contribution in [1.82, 2.24) is 15.6 Å². The Kier molecular flexibility index (Phi) is 7.88. The molecule has 0 aliphatic carbocycles. The van der Waals surface area contributed by atoms with Gasteiger partial charge in [-0.1, -0.05) is 25.5 Å². The van der Waals surface area contributed by atoms with Gasteiger partial charge in [0.25, 0.3) is 15.9 Å². The van der Waals surface area contributed by atoms with Crippen molar-refractivity contribution in [2.45, 2.75) is 31.1 Å². The average Bonchev–Trinajstić information content (AvgIpc) is 3.08. The summed E-state index contributed by atoms with van der Waals surface area (Å²) in [4.78, 5) is 28.7. The molecule has 11 heteroatoms. The number of amidine groups is 1. The first kappa shape index (κ1) is 24.1. The zero-order valence-corrected chi connectivity index (χ0v) is 19.2. The van der Waals surface area contributed by atoms with Gasteiger partial charge < -0.3 is 9.47 Å². The van der Waals surface area contributed by atoms with E-state index in [1.54, 1.807) is 30.3 Å². The maximum absolute atomic E-state index is 12.4. The van der Waals surface area contributed by atoms with Crippen LogP contribution >= 0.6 is 0 Å². The predicted octanol–water partition coefficient (Wildman–Crippen LogP) is 1.76. The summed E-state index contributed by atoms with van der Waals surface area (Å²) in [6.45, 7) is 2.64. The van der Waals surface area contributed by atoms with E-state index in [1.807, 2.05) is 0 Å². The summed E-state index contributed by atoms with van der Waals surface area (Å²) in [7, 11) is -2.15. The highest BCUT2D eigenvalue weighted by atomic mass is 32.2. The van der Waals surface area contributed by atoms with Gasteiger partial charge >= 0.3 is 0 Å². The molecule has 3 rings (SSSR count). The molecule has 1 aliphatic rings. The molecule has 2 aromatic carbocycles. The fourth-order valence-electron chi connectivity index (χ4n) is 3.04. The lowest BCUT2D eigenvalue weighted by Gasteiger charge is -2.12. The number of amides is 2. The van der Waals surface area contributed by atoms with Crippen molar-refractivity contribution in [3.63, 3.8) is 0 Å². The first-order chi connectivity index (χ1) is 15.9. The molecule has 0 saturated carbocycles. The second kappa shape index (κ2) is 10.8. The number of hydrogen-bond acceptors (Lipinski definition) is 7. The Hall–Kier alpha value is -3.60. The van der Waals surface area contributed by atoms with Crippen molar-refractivity contribution in [1.29, 1.82) is 0 Å². The molecular weight excluding hydrogens is 448 g/mol. The van der Waals surface area contributed by atoms with Gasteiger partial charge in [-0.05, 0) is 36.8 Å². The zero-order chi connectivity index (χ0) is 23.8. The van der Waals surface area contributed by atoms with Gasteiger partial charge in [-0.2, -0.15) is 0 Å². The molecule has 0 spiro atoms. The lowest BCUT2D eigenvalue weighted by molar-refractivity contribution is -0.121.